The van der Waals surface area contributed by atoms with Crippen LogP contribution in [0.25, 0.3) is 0 Å². The minimum absolute atomic E-state index is 0.0832. The normalized spacial score (nSPS) is 12.9. The largest absolute Gasteiger partial charge is 0.462 e. The maximum atomic E-state index is 12.6. The fourth-order valence-corrected chi connectivity index (χ4v) is 6.89. The van der Waals surface area contributed by atoms with Crippen molar-refractivity contribution in [1.82, 2.24) is 0 Å². The van der Waals surface area contributed by atoms with Crippen molar-refractivity contribution in [2.24, 2.45) is 0 Å². The van der Waals surface area contributed by atoms with Crippen molar-refractivity contribution in [2.75, 3.05) is 13.2 Å². The third-order valence-electron chi connectivity index (χ3n) is 10.8. The predicted octanol–water partition coefficient (Wildman–Crippen LogP) is 17.4. The van der Waals surface area contributed by atoms with Gasteiger partial charge in [0.05, 0.1) is 0 Å². The minimum atomic E-state index is -0.778. The summed E-state index contributed by atoms with van der Waals surface area (Å²) in [7, 11) is 0. The van der Waals surface area contributed by atoms with Gasteiger partial charge in [0, 0.05) is 19.3 Å². The molecule has 0 radical (unpaired) electrons. The fraction of sp³-hybridized carbons (Fsp3) is 0.672. The number of hydrogen-bond donors (Lipinski definition) is 0. The molecule has 1 unspecified atom stereocenters. The molecule has 0 saturated carbocycles. The Morgan fingerprint density at radius 1 is 0.328 bits per heavy atom. The molecular formula is C58H96O6. The molecule has 0 N–H and O–H groups in total. The Hall–Kier alpha value is -3.67. The Morgan fingerprint density at radius 3 is 1.03 bits per heavy atom. The fourth-order valence-electron chi connectivity index (χ4n) is 6.89. The lowest BCUT2D eigenvalue weighted by Gasteiger charge is -2.18. The van der Waals surface area contributed by atoms with Gasteiger partial charge in [0.1, 0.15) is 13.2 Å². The van der Waals surface area contributed by atoms with Gasteiger partial charge >= 0.3 is 17.9 Å². The average molecular weight is 889 g/mol. The number of carbonyl (C=O) groups excluding carboxylic acids is 3. The van der Waals surface area contributed by atoms with Gasteiger partial charge in [-0.3, -0.25) is 14.4 Å². The van der Waals surface area contributed by atoms with Crippen molar-refractivity contribution < 1.29 is 28.6 Å². The molecule has 64 heavy (non-hydrogen) atoms. The highest BCUT2D eigenvalue weighted by atomic mass is 16.6. The van der Waals surface area contributed by atoms with E-state index in [1.807, 2.05) is 0 Å². The second-order valence-corrected chi connectivity index (χ2v) is 17.1. The SMILES string of the molecule is CC/C=C\C/C=C\C/C=C\C/C=C\C/C=C\C/C=C\C/C=C\CCCCCCCCCCCC(=O)OCC(COC(=O)CCCCCCC)OC(=O)CCCCCCC/C=C\CCC. The first-order valence-corrected chi connectivity index (χ1v) is 26.2. The first-order chi connectivity index (χ1) is 31.5. The lowest BCUT2D eigenvalue weighted by Crippen LogP contribution is -2.30. The molecule has 0 spiro atoms. The zero-order chi connectivity index (χ0) is 46.5. The summed E-state index contributed by atoms with van der Waals surface area (Å²) in [6, 6.07) is 0. The summed E-state index contributed by atoms with van der Waals surface area (Å²) < 4.78 is 16.6. The zero-order valence-corrected chi connectivity index (χ0v) is 41.5. The van der Waals surface area contributed by atoms with E-state index in [1.54, 1.807) is 0 Å². The van der Waals surface area contributed by atoms with E-state index in [-0.39, 0.29) is 31.1 Å². The maximum Gasteiger partial charge on any atom is 0.306 e. The maximum absolute atomic E-state index is 12.6. The van der Waals surface area contributed by atoms with E-state index in [0.717, 1.165) is 135 Å². The van der Waals surface area contributed by atoms with Gasteiger partial charge in [0.25, 0.3) is 0 Å². The second kappa shape index (κ2) is 52.0. The van der Waals surface area contributed by atoms with Crippen LogP contribution in [0.1, 0.15) is 233 Å². The lowest BCUT2D eigenvalue weighted by atomic mass is 10.1. The first-order valence-electron chi connectivity index (χ1n) is 26.2. The van der Waals surface area contributed by atoms with Gasteiger partial charge in [-0.1, -0.05) is 214 Å². The van der Waals surface area contributed by atoms with Gasteiger partial charge in [0.2, 0.25) is 0 Å². The number of ether oxygens (including phenoxy) is 3. The third kappa shape index (κ3) is 49.3. The molecule has 0 aromatic heterocycles. The lowest BCUT2D eigenvalue weighted by molar-refractivity contribution is -0.167. The van der Waals surface area contributed by atoms with E-state index in [4.69, 9.17) is 14.2 Å². The van der Waals surface area contributed by atoms with Crippen LogP contribution in [0.15, 0.2) is 97.2 Å². The summed E-state index contributed by atoms with van der Waals surface area (Å²) >= 11 is 0. The van der Waals surface area contributed by atoms with Gasteiger partial charge in [-0.05, 0) is 96.3 Å². The second-order valence-electron chi connectivity index (χ2n) is 17.1. The summed E-state index contributed by atoms with van der Waals surface area (Å²) in [6.07, 6.45) is 68.8. The van der Waals surface area contributed by atoms with Crippen molar-refractivity contribution in [3.8, 4) is 0 Å². The molecule has 364 valence electrons. The Labute approximate surface area is 394 Å². The minimum Gasteiger partial charge on any atom is -0.462 e. The van der Waals surface area contributed by atoms with Gasteiger partial charge in [-0.2, -0.15) is 0 Å². The molecule has 0 aliphatic rings. The Balaban J connectivity index is 4.03. The Morgan fingerprint density at radius 2 is 0.641 bits per heavy atom. The average Bonchev–Trinajstić information content (AvgIpc) is 3.29. The molecule has 0 heterocycles. The van der Waals surface area contributed by atoms with Crippen LogP contribution in [-0.4, -0.2) is 37.2 Å². The molecule has 6 nitrogen and oxygen atoms in total. The summed E-state index contributed by atoms with van der Waals surface area (Å²) in [4.78, 5) is 37.5. The molecule has 0 rings (SSSR count). The highest BCUT2D eigenvalue weighted by Gasteiger charge is 2.19. The number of allylic oxidation sites excluding steroid dienone is 16. The first kappa shape index (κ1) is 60.3. The van der Waals surface area contributed by atoms with Crippen LogP contribution >= 0.6 is 0 Å². The van der Waals surface area contributed by atoms with Crippen molar-refractivity contribution in [2.45, 2.75) is 239 Å². The zero-order valence-electron chi connectivity index (χ0n) is 41.5. The summed E-state index contributed by atoms with van der Waals surface area (Å²) in [6.45, 7) is 6.35. The number of unbranched alkanes of at least 4 members (excludes halogenated alkanes) is 19. The van der Waals surface area contributed by atoms with Crippen molar-refractivity contribution in [1.29, 1.82) is 0 Å². The van der Waals surface area contributed by atoms with E-state index in [2.05, 4.69) is 118 Å². The monoisotopic (exact) mass is 889 g/mol. The third-order valence-corrected chi connectivity index (χ3v) is 10.8. The number of hydrogen-bond acceptors (Lipinski definition) is 6. The molecular weight excluding hydrogens is 793 g/mol. The summed E-state index contributed by atoms with van der Waals surface area (Å²) in [5, 5.41) is 0. The van der Waals surface area contributed by atoms with Gasteiger partial charge in [-0.25, -0.2) is 0 Å². The number of carbonyl (C=O) groups is 3. The van der Waals surface area contributed by atoms with Crippen LogP contribution in [0, 0.1) is 0 Å². The quantitative estimate of drug-likeness (QED) is 0.0262. The van der Waals surface area contributed by atoms with Crippen LogP contribution in [0.5, 0.6) is 0 Å². The van der Waals surface area contributed by atoms with E-state index < -0.39 is 6.10 Å². The van der Waals surface area contributed by atoms with E-state index in [9.17, 15) is 14.4 Å². The molecule has 1 atom stereocenters. The van der Waals surface area contributed by atoms with E-state index >= 15 is 0 Å². The molecule has 0 aliphatic carbocycles. The molecule has 0 fully saturated rings. The van der Waals surface area contributed by atoms with Crippen LogP contribution in [-0.2, 0) is 28.6 Å². The predicted molar refractivity (Wildman–Crippen MR) is 274 cm³/mol. The summed E-state index contributed by atoms with van der Waals surface area (Å²) in [5.74, 6) is -0.920. The molecule has 0 amide bonds. The molecule has 0 saturated heterocycles. The molecule has 0 bridgehead atoms. The van der Waals surface area contributed by atoms with Gasteiger partial charge < -0.3 is 14.2 Å². The van der Waals surface area contributed by atoms with E-state index in [0.29, 0.717) is 19.3 Å². The number of esters is 3. The van der Waals surface area contributed by atoms with Crippen molar-refractivity contribution in [3.63, 3.8) is 0 Å². The topological polar surface area (TPSA) is 78.9 Å². The van der Waals surface area contributed by atoms with Crippen LogP contribution < -0.4 is 0 Å². The van der Waals surface area contributed by atoms with Crippen LogP contribution in [0.2, 0.25) is 0 Å². The van der Waals surface area contributed by atoms with Crippen LogP contribution in [0.3, 0.4) is 0 Å². The Bertz CT molecular complexity index is 1300. The highest BCUT2D eigenvalue weighted by Crippen LogP contribution is 2.14. The molecule has 0 aliphatic heterocycles. The van der Waals surface area contributed by atoms with Crippen molar-refractivity contribution >= 4 is 17.9 Å². The van der Waals surface area contributed by atoms with Crippen LogP contribution in [0.4, 0.5) is 0 Å². The smallest absolute Gasteiger partial charge is 0.306 e. The summed E-state index contributed by atoms with van der Waals surface area (Å²) in [5.41, 5.74) is 0. The molecule has 0 aromatic carbocycles. The molecule has 6 heteroatoms. The van der Waals surface area contributed by atoms with Crippen molar-refractivity contribution in [3.05, 3.63) is 97.2 Å². The van der Waals surface area contributed by atoms with E-state index in [1.165, 1.54) is 57.8 Å². The Kier molecular flexibility index (Phi) is 49.0. The van der Waals surface area contributed by atoms with Gasteiger partial charge in [0.15, 0.2) is 6.10 Å². The standard InChI is InChI=1S/C58H96O6/c1-4-7-10-13-15-17-19-20-21-22-23-24-25-26-27-28-29-30-31-32-33-34-35-36-37-38-39-41-42-45-48-51-57(60)63-54-55(53-62-56(59)50-47-44-12-9-6-3)64-58(61)52-49-46-43-40-18-16-14-11-8-5-2/h7,10-11,14-15,17,20-21,23-24,26-27,29-30,32-33,55H,4-6,8-9,12-13,16,18-19,22,25,28,31,34-54H2,1-3H3/b10-7-,14-11-,17-15-,21-20-,24-23-,27-26-,30-29-,33-32-. The molecule has 0 aromatic rings. The number of rotatable bonds is 46. The highest BCUT2D eigenvalue weighted by molar-refractivity contribution is 5.71. The van der Waals surface area contributed by atoms with Gasteiger partial charge in [-0.15, -0.1) is 0 Å².